The summed E-state index contributed by atoms with van der Waals surface area (Å²) < 4.78 is 0. The number of allylic oxidation sites excluding steroid dienone is 2. The molecule has 0 saturated carbocycles. The Kier molecular flexibility index (Phi) is 4.63. The van der Waals surface area contributed by atoms with E-state index in [1.165, 1.54) is 6.20 Å². The predicted octanol–water partition coefficient (Wildman–Crippen LogP) is 1.79. The standard InChI is InChI=1S/C15H17ClN2O3/c1-8-5-11(12(15(20)21)6-9(8)2)14(19)18-13-4-3-10(16)7-17-13/h3-4,7,11-12H,5-6H2,1-2H3,(H,20,21)(H,17,18,19)/p-1/t11-,12+/m0/s1. The van der Waals surface area contributed by atoms with Crippen LogP contribution < -0.4 is 10.4 Å². The third-order valence-corrected chi connectivity index (χ3v) is 4.11. The van der Waals surface area contributed by atoms with Gasteiger partial charge < -0.3 is 15.2 Å². The average molecular weight is 308 g/mol. The van der Waals surface area contributed by atoms with Crippen molar-refractivity contribution in [3.05, 3.63) is 34.5 Å². The van der Waals surface area contributed by atoms with Gasteiger partial charge in [0.2, 0.25) is 5.91 Å². The molecular formula is C15H16ClN2O3-. The topological polar surface area (TPSA) is 82.1 Å². The first kappa shape index (κ1) is 15.5. The van der Waals surface area contributed by atoms with Crippen LogP contribution in [0.2, 0.25) is 5.02 Å². The summed E-state index contributed by atoms with van der Waals surface area (Å²) in [6.07, 6.45) is 2.19. The number of nitrogens with zero attached hydrogens (tertiary/aromatic N) is 1. The number of carbonyl (C=O) groups excluding carboxylic acids is 2. The molecule has 1 aliphatic carbocycles. The minimum atomic E-state index is -1.19. The van der Waals surface area contributed by atoms with Crippen LogP contribution in [-0.4, -0.2) is 16.9 Å². The number of rotatable bonds is 3. The SMILES string of the molecule is CC1=C(C)C[C@@H](C(=O)[O-])[C@@H](C(=O)Nc2ccc(Cl)cn2)C1. The first-order valence-electron chi connectivity index (χ1n) is 6.67. The zero-order valence-electron chi connectivity index (χ0n) is 11.9. The fourth-order valence-corrected chi connectivity index (χ4v) is 2.60. The monoisotopic (exact) mass is 307 g/mol. The maximum atomic E-state index is 12.3. The van der Waals surface area contributed by atoms with E-state index in [0.717, 1.165) is 11.1 Å². The Morgan fingerprint density at radius 1 is 1.24 bits per heavy atom. The highest BCUT2D eigenvalue weighted by Gasteiger charge is 2.33. The summed E-state index contributed by atoms with van der Waals surface area (Å²) in [7, 11) is 0. The summed E-state index contributed by atoms with van der Waals surface area (Å²) in [6, 6.07) is 3.18. The van der Waals surface area contributed by atoms with E-state index in [1.54, 1.807) is 12.1 Å². The third kappa shape index (κ3) is 3.61. The summed E-state index contributed by atoms with van der Waals surface area (Å²) in [6.45, 7) is 3.81. The summed E-state index contributed by atoms with van der Waals surface area (Å²) in [5, 5.41) is 14.4. The summed E-state index contributed by atoms with van der Waals surface area (Å²) in [5.41, 5.74) is 2.06. The van der Waals surface area contributed by atoms with Crippen LogP contribution in [0.4, 0.5) is 5.82 Å². The highest BCUT2D eigenvalue weighted by molar-refractivity contribution is 6.30. The van der Waals surface area contributed by atoms with Crippen molar-refractivity contribution < 1.29 is 14.7 Å². The Balaban J connectivity index is 2.16. The van der Waals surface area contributed by atoms with Gasteiger partial charge in [-0.15, -0.1) is 0 Å². The van der Waals surface area contributed by atoms with E-state index in [2.05, 4.69) is 10.3 Å². The van der Waals surface area contributed by atoms with Crippen molar-refractivity contribution in [3.8, 4) is 0 Å². The van der Waals surface area contributed by atoms with Crippen LogP contribution in [0, 0.1) is 11.8 Å². The van der Waals surface area contributed by atoms with E-state index in [1.807, 2.05) is 13.8 Å². The van der Waals surface area contributed by atoms with E-state index in [-0.39, 0.29) is 5.91 Å². The molecule has 0 radical (unpaired) electrons. The molecule has 0 spiro atoms. The second-order valence-corrected chi connectivity index (χ2v) is 5.79. The van der Waals surface area contributed by atoms with E-state index < -0.39 is 17.8 Å². The van der Waals surface area contributed by atoms with Gasteiger partial charge in [-0.05, 0) is 38.8 Å². The highest BCUT2D eigenvalue weighted by atomic mass is 35.5. The number of hydrogen-bond donors (Lipinski definition) is 1. The van der Waals surface area contributed by atoms with Crippen molar-refractivity contribution in [2.24, 2.45) is 11.8 Å². The quantitative estimate of drug-likeness (QED) is 0.863. The van der Waals surface area contributed by atoms with Gasteiger partial charge in [0.05, 0.1) is 10.9 Å². The molecule has 2 rings (SSSR count). The molecule has 0 aromatic carbocycles. The highest BCUT2D eigenvalue weighted by Crippen LogP contribution is 2.34. The molecule has 2 atom stereocenters. The van der Waals surface area contributed by atoms with Crippen molar-refractivity contribution in [2.75, 3.05) is 5.32 Å². The smallest absolute Gasteiger partial charge is 0.229 e. The molecule has 6 heteroatoms. The molecule has 0 aliphatic heterocycles. The van der Waals surface area contributed by atoms with E-state index in [4.69, 9.17) is 11.6 Å². The lowest BCUT2D eigenvalue weighted by atomic mass is 9.76. The van der Waals surface area contributed by atoms with Crippen molar-refractivity contribution in [3.63, 3.8) is 0 Å². The number of amides is 1. The van der Waals surface area contributed by atoms with Gasteiger partial charge in [0.15, 0.2) is 0 Å². The van der Waals surface area contributed by atoms with Gasteiger partial charge in [0.1, 0.15) is 5.82 Å². The van der Waals surface area contributed by atoms with Crippen LogP contribution >= 0.6 is 11.6 Å². The normalized spacial score (nSPS) is 22.0. The van der Waals surface area contributed by atoms with Crippen LogP contribution in [0.3, 0.4) is 0 Å². The molecule has 1 aliphatic rings. The fourth-order valence-electron chi connectivity index (χ4n) is 2.48. The molecule has 1 amide bonds. The van der Waals surface area contributed by atoms with Crippen LogP contribution in [0.15, 0.2) is 29.5 Å². The van der Waals surface area contributed by atoms with E-state index >= 15 is 0 Å². The van der Waals surface area contributed by atoms with Gasteiger partial charge in [0.25, 0.3) is 0 Å². The van der Waals surface area contributed by atoms with Crippen molar-refractivity contribution in [1.82, 2.24) is 4.98 Å². The van der Waals surface area contributed by atoms with Gasteiger partial charge in [0, 0.05) is 18.1 Å². The van der Waals surface area contributed by atoms with E-state index in [9.17, 15) is 14.7 Å². The number of halogens is 1. The number of aliphatic carboxylic acids is 1. The Morgan fingerprint density at radius 3 is 2.38 bits per heavy atom. The van der Waals surface area contributed by atoms with Crippen LogP contribution in [0.5, 0.6) is 0 Å². The number of carboxylic acid groups (broad SMARTS) is 1. The lowest BCUT2D eigenvalue weighted by Gasteiger charge is -2.32. The molecule has 0 bridgehead atoms. The van der Waals surface area contributed by atoms with Gasteiger partial charge in [-0.2, -0.15) is 0 Å². The number of carboxylic acids is 1. The Morgan fingerprint density at radius 2 is 1.86 bits per heavy atom. The number of nitrogens with one attached hydrogen (secondary N) is 1. The number of hydrogen-bond acceptors (Lipinski definition) is 4. The summed E-state index contributed by atoms with van der Waals surface area (Å²) in [4.78, 5) is 27.6. The Bertz CT molecular complexity index is 595. The van der Waals surface area contributed by atoms with Gasteiger partial charge in [-0.3, -0.25) is 4.79 Å². The fraction of sp³-hybridized carbons (Fsp3) is 0.400. The minimum absolute atomic E-state index is 0.348. The van der Waals surface area contributed by atoms with Crippen LogP contribution in [-0.2, 0) is 9.59 Å². The number of aromatic nitrogens is 1. The maximum absolute atomic E-state index is 12.3. The molecule has 0 fully saturated rings. The second-order valence-electron chi connectivity index (χ2n) is 5.35. The first-order chi connectivity index (χ1) is 9.88. The zero-order chi connectivity index (χ0) is 15.6. The van der Waals surface area contributed by atoms with Gasteiger partial charge in [-0.25, -0.2) is 4.98 Å². The summed E-state index contributed by atoms with van der Waals surface area (Å²) in [5.74, 6) is -2.64. The first-order valence-corrected chi connectivity index (χ1v) is 7.04. The predicted molar refractivity (Wildman–Crippen MR) is 77.5 cm³/mol. The van der Waals surface area contributed by atoms with Crippen LogP contribution in [0.1, 0.15) is 26.7 Å². The van der Waals surface area contributed by atoms with Crippen molar-refractivity contribution >= 4 is 29.3 Å². The minimum Gasteiger partial charge on any atom is -0.550 e. The maximum Gasteiger partial charge on any atom is 0.229 e. The molecular weight excluding hydrogens is 292 g/mol. The Hall–Kier alpha value is -1.88. The third-order valence-electron chi connectivity index (χ3n) is 3.88. The average Bonchev–Trinajstić information content (AvgIpc) is 2.43. The lowest BCUT2D eigenvalue weighted by Crippen LogP contribution is -2.42. The number of anilines is 1. The number of pyridine rings is 1. The molecule has 112 valence electrons. The molecule has 21 heavy (non-hydrogen) atoms. The molecule has 1 aromatic rings. The molecule has 0 saturated heterocycles. The molecule has 1 heterocycles. The molecule has 1 aromatic heterocycles. The van der Waals surface area contributed by atoms with Gasteiger partial charge in [-0.1, -0.05) is 22.7 Å². The molecule has 5 nitrogen and oxygen atoms in total. The van der Waals surface area contributed by atoms with Crippen molar-refractivity contribution in [2.45, 2.75) is 26.7 Å². The lowest BCUT2D eigenvalue weighted by molar-refractivity contribution is -0.313. The Labute approximate surface area is 128 Å². The number of carbonyl (C=O) groups is 2. The zero-order valence-corrected chi connectivity index (χ0v) is 12.6. The molecule has 0 unspecified atom stereocenters. The second kappa shape index (κ2) is 6.26. The van der Waals surface area contributed by atoms with Gasteiger partial charge >= 0.3 is 0 Å². The van der Waals surface area contributed by atoms with Crippen molar-refractivity contribution in [1.29, 1.82) is 0 Å². The van der Waals surface area contributed by atoms with Crippen LogP contribution in [0.25, 0.3) is 0 Å². The van der Waals surface area contributed by atoms with E-state index in [0.29, 0.717) is 23.7 Å². The molecule has 1 N–H and O–H groups in total. The largest absolute Gasteiger partial charge is 0.550 e. The summed E-state index contributed by atoms with van der Waals surface area (Å²) >= 11 is 5.73.